The lowest BCUT2D eigenvalue weighted by Crippen LogP contribution is -2.78. The van der Waals surface area contributed by atoms with Gasteiger partial charge in [-0.3, -0.25) is 0 Å². The van der Waals surface area contributed by atoms with E-state index in [4.69, 9.17) is 11.6 Å². The van der Waals surface area contributed by atoms with Crippen LogP contribution in [0.5, 0.6) is 0 Å². The van der Waals surface area contributed by atoms with Crippen molar-refractivity contribution < 1.29 is 70.3 Å². The van der Waals surface area contributed by atoms with E-state index in [1.54, 1.807) is 0 Å². The number of benzene rings is 4. The number of fused-ring (bicyclic) bond motifs is 1. The molecule has 1 nitrogen and oxygen atoms in total. The third-order valence-corrected chi connectivity index (χ3v) is 7.46. The Hall–Kier alpha value is -4.15. The van der Waals surface area contributed by atoms with E-state index >= 15 is 26.3 Å². The Balaban J connectivity index is 2.24. The van der Waals surface area contributed by atoms with E-state index in [9.17, 15) is 39.5 Å². The highest BCUT2D eigenvalue weighted by atomic mass is 35.5. The third-order valence-electron chi connectivity index (χ3n) is 7.23. The summed E-state index contributed by atoms with van der Waals surface area (Å²) in [4.78, 5) is 0. The molecule has 5 rings (SSSR count). The van der Waals surface area contributed by atoms with E-state index in [1.165, 1.54) is 0 Å². The topological polar surface area (TPSA) is 3.01 Å². The first kappa shape index (κ1) is 31.3. The van der Waals surface area contributed by atoms with E-state index in [0.717, 1.165) is 18.2 Å². The average molecular weight is 664 g/mol. The molecule has 0 saturated carbocycles. The molecule has 0 N–H and O–H groups in total. The maximum Gasteiger partial charge on any atom is 0.377 e. The summed E-state index contributed by atoms with van der Waals surface area (Å²) in [5, 5.41) is -0.152. The van der Waals surface area contributed by atoms with E-state index in [2.05, 4.69) is 0 Å². The van der Waals surface area contributed by atoms with Crippen LogP contribution < -0.4 is 16.4 Å². The van der Waals surface area contributed by atoms with Crippen molar-refractivity contribution in [2.24, 2.45) is 0 Å². The van der Waals surface area contributed by atoms with E-state index < -0.39 is 122 Å². The van der Waals surface area contributed by atoms with E-state index in [0.29, 0.717) is 6.21 Å². The Labute approximate surface area is 239 Å². The second kappa shape index (κ2) is 10.5. The summed E-state index contributed by atoms with van der Waals surface area (Å²) in [6, 6.07) is 2.63. The zero-order chi connectivity index (χ0) is 32.7. The summed E-state index contributed by atoms with van der Waals surface area (Å²) in [6.45, 7) is 0. The van der Waals surface area contributed by atoms with Crippen molar-refractivity contribution in [2.75, 3.05) is 0 Å². The average Bonchev–Trinajstić information content (AvgIpc) is 3.42. The van der Waals surface area contributed by atoms with Gasteiger partial charge >= 0.3 is 6.28 Å². The predicted molar refractivity (Wildman–Crippen MR) is 124 cm³/mol. The summed E-state index contributed by atoms with van der Waals surface area (Å²) < 4.78 is 224. The van der Waals surface area contributed by atoms with Crippen molar-refractivity contribution in [1.29, 1.82) is 0 Å². The minimum atomic E-state index is -5.90. The first-order chi connectivity index (χ1) is 20.5. The molecule has 1 aliphatic rings. The minimum absolute atomic E-state index is 0.0828. The molecular weight excluding hydrogens is 658 g/mol. The molecule has 18 heteroatoms. The molecule has 0 aliphatic carbocycles. The molecular formula is C26H6BClF15N. The van der Waals surface area contributed by atoms with Gasteiger partial charge in [-0.15, -0.1) is 0 Å². The van der Waals surface area contributed by atoms with Crippen LogP contribution in [0.4, 0.5) is 71.5 Å². The third kappa shape index (κ3) is 3.97. The molecule has 0 fully saturated rings. The Morgan fingerprint density at radius 3 is 1.07 bits per heavy atom. The molecule has 0 aromatic heterocycles. The zero-order valence-electron chi connectivity index (χ0n) is 20.6. The lowest BCUT2D eigenvalue weighted by Gasteiger charge is -2.39. The Bertz CT molecular complexity index is 1720. The maximum atomic E-state index is 15.7. The van der Waals surface area contributed by atoms with Crippen LogP contribution in [0, 0.1) is 87.3 Å². The fourth-order valence-corrected chi connectivity index (χ4v) is 5.64. The molecule has 0 radical (unpaired) electrons. The van der Waals surface area contributed by atoms with Crippen molar-refractivity contribution in [3.8, 4) is 0 Å². The van der Waals surface area contributed by atoms with Gasteiger partial charge in [0.25, 0.3) is 0 Å². The Morgan fingerprint density at radius 1 is 0.455 bits per heavy atom. The predicted octanol–water partition coefficient (Wildman–Crippen LogP) is 6.36. The van der Waals surface area contributed by atoms with Gasteiger partial charge in [-0.25, -0.2) is 65.9 Å². The first-order valence-electron chi connectivity index (χ1n) is 11.6. The number of nitrogens with zero attached hydrogens (tertiary/aromatic N) is 1. The standard InChI is InChI=1S/C26H6BClF15N/c28-7-1-2-8-6(5-7)3-4-44(8)27(9-12(29)18(35)24(41)19(36)13(9)30,10-14(31)20(37)25(42)21(38)15(10)32)11-16(33)22(39)26(43)23(40)17(11)34/h1-2,4-5H,3H2. The maximum absolute atomic E-state index is 15.7. The van der Waals surface area contributed by atoms with Gasteiger partial charge < -0.3 is 4.49 Å². The van der Waals surface area contributed by atoms with Crippen LogP contribution in [0.2, 0.25) is 5.02 Å². The van der Waals surface area contributed by atoms with Crippen LogP contribution in [0.15, 0.2) is 18.2 Å². The van der Waals surface area contributed by atoms with E-state index in [1.807, 2.05) is 0 Å². The van der Waals surface area contributed by atoms with Crippen LogP contribution >= 0.6 is 11.6 Å². The van der Waals surface area contributed by atoms with E-state index in [-0.39, 0.29) is 15.1 Å². The van der Waals surface area contributed by atoms with Crippen molar-refractivity contribution in [3.63, 3.8) is 0 Å². The molecule has 1 heterocycles. The SMILES string of the molecule is Fc1c(F)c(F)c([B-](c2c(F)c(F)c(F)c(F)c2F)(c2c(F)c(F)c(F)c(F)c2F)[N+]2=CCc3cc(Cl)ccc32)c(F)c1F. The first-order valence-corrected chi connectivity index (χ1v) is 12.0. The molecule has 4 aromatic carbocycles. The molecule has 0 spiro atoms. The van der Waals surface area contributed by atoms with Crippen LogP contribution in [0.1, 0.15) is 5.56 Å². The molecule has 0 unspecified atom stereocenters. The van der Waals surface area contributed by atoms with Gasteiger partial charge in [0, 0.05) is 16.7 Å². The van der Waals surface area contributed by atoms with Gasteiger partial charge in [0.15, 0.2) is 58.0 Å². The fourth-order valence-electron chi connectivity index (χ4n) is 5.45. The summed E-state index contributed by atoms with van der Waals surface area (Å²) >= 11 is 5.85. The molecule has 44 heavy (non-hydrogen) atoms. The molecule has 0 atom stereocenters. The zero-order valence-corrected chi connectivity index (χ0v) is 21.3. The lowest BCUT2D eigenvalue weighted by atomic mass is 9.23. The van der Waals surface area contributed by atoms with Crippen LogP contribution in [-0.2, 0) is 6.42 Å². The number of rotatable bonds is 4. The Kier molecular flexibility index (Phi) is 7.46. The normalized spacial score (nSPS) is 13.0. The van der Waals surface area contributed by atoms with Crippen molar-refractivity contribution in [3.05, 3.63) is 116 Å². The van der Waals surface area contributed by atoms with Gasteiger partial charge in [-0.1, -0.05) is 11.6 Å². The number of hydrogen-bond acceptors (Lipinski definition) is 0. The van der Waals surface area contributed by atoms with Gasteiger partial charge in [0.2, 0.25) is 0 Å². The van der Waals surface area contributed by atoms with Crippen LogP contribution in [0.25, 0.3) is 0 Å². The molecule has 0 saturated heterocycles. The smallest absolute Gasteiger partial charge is 0.377 e. The molecule has 1 aliphatic heterocycles. The summed E-state index contributed by atoms with van der Waals surface area (Å²) in [6.07, 6.45) is -6.08. The highest BCUT2D eigenvalue weighted by Gasteiger charge is 2.58. The number of halogens is 16. The van der Waals surface area contributed by atoms with Crippen molar-refractivity contribution >= 4 is 46.2 Å². The molecule has 0 amide bonds. The monoisotopic (exact) mass is 663 g/mol. The lowest BCUT2D eigenvalue weighted by molar-refractivity contribution is -0.279. The van der Waals surface area contributed by atoms with Gasteiger partial charge in [-0.2, -0.15) is 0 Å². The van der Waals surface area contributed by atoms with Crippen molar-refractivity contribution in [1.82, 2.24) is 0 Å². The molecule has 0 bridgehead atoms. The molecule has 4 aromatic rings. The van der Waals surface area contributed by atoms with Crippen LogP contribution in [0.3, 0.4) is 0 Å². The Morgan fingerprint density at radius 2 is 0.750 bits per heavy atom. The summed E-state index contributed by atoms with van der Waals surface area (Å²) in [5.74, 6) is -45.8. The van der Waals surface area contributed by atoms with Gasteiger partial charge in [-0.05, 0) is 28.5 Å². The van der Waals surface area contributed by atoms with Gasteiger partial charge in [0.1, 0.15) is 34.9 Å². The van der Waals surface area contributed by atoms with Gasteiger partial charge in [0.05, 0.1) is 12.6 Å². The minimum Gasteiger partial charge on any atom is -0.411 e. The summed E-state index contributed by atoms with van der Waals surface area (Å²) in [5.41, 5.74) is -9.11. The quantitative estimate of drug-likeness (QED) is 0.104. The number of hydrogen-bond donors (Lipinski definition) is 0. The van der Waals surface area contributed by atoms with Crippen molar-refractivity contribution in [2.45, 2.75) is 6.42 Å². The highest BCUT2D eigenvalue weighted by Crippen LogP contribution is 2.35. The second-order valence-corrected chi connectivity index (χ2v) is 9.77. The largest absolute Gasteiger partial charge is 0.411 e. The molecule has 230 valence electrons. The summed E-state index contributed by atoms with van der Waals surface area (Å²) in [7, 11) is 0. The van der Waals surface area contributed by atoms with Crippen LogP contribution in [-0.4, -0.2) is 17.0 Å². The fraction of sp³-hybridized carbons (Fsp3) is 0.0385. The highest BCUT2D eigenvalue weighted by molar-refractivity contribution is 7.06. The second-order valence-electron chi connectivity index (χ2n) is 9.34.